The van der Waals surface area contributed by atoms with Crippen molar-refractivity contribution >= 4 is 17.5 Å². The first-order valence-electron chi connectivity index (χ1n) is 4.44. The minimum Gasteiger partial charge on any atom is -0.497 e. The molecule has 1 atom stereocenters. The van der Waals surface area contributed by atoms with Crippen LogP contribution in [-0.4, -0.2) is 12.5 Å². The summed E-state index contributed by atoms with van der Waals surface area (Å²) in [7, 11) is 0. The van der Waals surface area contributed by atoms with Crippen molar-refractivity contribution in [1.82, 2.24) is 0 Å². The van der Waals surface area contributed by atoms with Crippen LogP contribution in [0.15, 0.2) is 10.8 Å². The number of halogens is 1. The van der Waals surface area contributed by atoms with E-state index in [0.29, 0.717) is 19.4 Å². The van der Waals surface area contributed by atoms with Gasteiger partial charge in [0.05, 0.1) is 11.6 Å². The summed E-state index contributed by atoms with van der Waals surface area (Å²) in [4.78, 5) is 10.9. The van der Waals surface area contributed by atoms with Crippen LogP contribution in [0, 0.1) is 5.92 Å². The van der Waals surface area contributed by atoms with Crippen LogP contribution in [0.1, 0.15) is 26.2 Å². The maximum absolute atomic E-state index is 10.9. The number of hydrogen-bond donors (Lipinski definition) is 1. The Balaban J connectivity index is 2.64. The summed E-state index contributed by atoms with van der Waals surface area (Å²) in [6.07, 6.45) is 2.00. The van der Waals surface area contributed by atoms with Crippen LogP contribution in [0.5, 0.6) is 0 Å². The molecule has 13 heavy (non-hydrogen) atoms. The molecule has 74 valence electrons. The van der Waals surface area contributed by atoms with Gasteiger partial charge in [-0.25, -0.2) is 0 Å². The predicted octanol–water partition coefficient (Wildman–Crippen LogP) is 1.76. The number of amides is 1. The molecule has 1 aliphatic carbocycles. The van der Waals surface area contributed by atoms with Crippen molar-refractivity contribution < 1.29 is 9.53 Å². The number of primary amides is 1. The Morgan fingerprint density at radius 3 is 3.00 bits per heavy atom. The Hall–Kier alpha value is -0.700. The molecule has 0 saturated heterocycles. The number of hydrogen-bond acceptors (Lipinski definition) is 2. The van der Waals surface area contributed by atoms with E-state index in [4.69, 9.17) is 22.1 Å². The smallest absolute Gasteiger partial charge is 0.220 e. The molecule has 0 aromatic rings. The third-order valence-corrected chi connectivity index (χ3v) is 2.57. The molecule has 0 spiro atoms. The summed E-state index contributed by atoms with van der Waals surface area (Å²) in [5.74, 6) is 0.365. The van der Waals surface area contributed by atoms with Crippen molar-refractivity contribution in [2.75, 3.05) is 6.61 Å². The lowest BCUT2D eigenvalue weighted by Crippen LogP contribution is -2.26. The standard InChI is InChI=1S/C9H14ClNO2/c1-2-13-8-5-6(9(11)12)3-4-7(8)10/h6H,2-5H2,1H3,(H2,11,12). The molecular formula is C9H14ClNO2. The maximum Gasteiger partial charge on any atom is 0.220 e. The Kier molecular flexibility index (Phi) is 3.60. The molecule has 0 aromatic heterocycles. The van der Waals surface area contributed by atoms with Crippen molar-refractivity contribution in [3.63, 3.8) is 0 Å². The quantitative estimate of drug-likeness (QED) is 0.760. The van der Waals surface area contributed by atoms with Crippen molar-refractivity contribution in [2.45, 2.75) is 26.2 Å². The van der Waals surface area contributed by atoms with Crippen LogP contribution < -0.4 is 5.73 Å². The molecule has 1 amide bonds. The number of rotatable bonds is 3. The van der Waals surface area contributed by atoms with Gasteiger partial charge in [0.2, 0.25) is 5.91 Å². The normalized spacial score (nSPS) is 23.1. The van der Waals surface area contributed by atoms with Gasteiger partial charge >= 0.3 is 0 Å². The van der Waals surface area contributed by atoms with Gasteiger partial charge < -0.3 is 10.5 Å². The van der Waals surface area contributed by atoms with Crippen LogP contribution in [0.4, 0.5) is 0 Å². The Labute approximate surface area is 82.9 Å². The summed E-state index contributed by atoms with van der Waals surface area (Å²) in [5, 5.41) is 0.736. The highest BCUT2D eigenvalue weighted by Gasteiger charge is 2.24. The van der Waals surface area contributed by atoms with Crippen molar-refractivity contribution in [1.29, 1.82) is 0 Å². The summed E-state index contributed by atoms with van der Waals surface area (Å²) >= 11 is 5.93. The van der Waals surface area contributed by atoms with E-state index in [1.807, 2.05) is 6.92 Å². The monoisotopic (exact) mass is 203 g/mol. The zero-order valence-corrected chi connectivity index (χ0v) is 8.43. The fourth-order valence-electron chi connectivity index (χ4n) is 1.43. The van der Waals surface area contributed by atoms with Gasteiger partial charge in [-0.2, -0.15) is 0 Å². The molecule has 2 N–H and O–H groups in total. The van der Waals surface area contributed by atoms with E-state index in [1.54, 1.807) is 0 Å². The van der Waals surface area contributed by atoms with Gasteiger partial charge in [-0.15, -0.1) is 0 Å². The van der Waals surface area contributed by atoms with Gasteiger partial charge in [-0.3, -0.25) is 4.79 Å². The van der Waals surface area contributed by atoms with Crippen molar-refractivity contribution in [2.24, 2.45) is 11.7 Å². The molecule has 1 aliphatic rings. The second-order valence-electron chi connectivity index (χ2n) is 3.10. The Morgan fingerprint density at radius 1 is 1.77 bits per heavy atom. The molecule has 0 fully saturated rings. The molecule has 0 radical (unpaired) electrons. The van der Waals surface area contributed by atoms with Gasteiger partial charge in [0, 0.05) is 12.3 Å². The number of ether oxygens (including phenoxy) is 1. The fraction of sp³-hybridized carbons (Fsp3) is 0.667. The average Bonchev–Trinajstić information content (AvgIpc) is 2.08. The molecule has 0 bridgehead atoms. The topological polar surface area (TPSA) is 52.3 Å². The molecule has 0 saturated carbocycles. The first kappa shape index (κ1) is 10.4. The second-order valence-corrected chi connectivity index (χ2v) is 3.56. The largest absolute Gasteiger partial charge is 0.497 e. The molecule has 0 aromatic carbocycles. The van der Waals surface area contributed by atoms with Gasteiger partial charge in [0.15, 0.2) is 0 Å². The molecule has 1 unspecified atom stereocenters. The van der Waals surface area contributed by atoms with E-state index in [0.717, 1.165) is 17.2 Å². The SMILES string of the molecule is CCOC1=C(Cl)CCC(C(N)=O)C1. The van der Waals surface area contributed by atoms with Gasteiger partial charge in [-0.1, -0.05) is 11.6 Å². The number of allylic oxidation sites excluding steroid dienone is 2. The first-order valence-corrected chi connectivity index (χ1v) is 4.82. The molecule has 0 aliphatic heterocycles. The zero-order chi connectivity index (χ0) is 9.84. The Bertz CT molecular complexity index is 238. The highest BCUT2D eigenvalue weighted by molar-refractivity contribution is 6.29. The third-order valence-electron chi connectivity index (χ3n) is 2.17. The summed E-state index contributed by atoms with van der Waals surface area (Å²) in [5.41, 5.74) is 5.21. The van der Waals surface area contributed by atoms with E-state index in [2.05, 4.69) is 0 Å². The predicted molar refractivity (Wildman–Crippen MR) is 51.0 cm³/mol. The first-order chi connectivity index (χ1) is 6.15. The van der Waals surface area contributed by atoms with E-state index in [-0.39, 0.29) is 11.8 Å². The van der Waals surface area contributed by atoms with Gasteiger partial charge in [0.25, 0.3) is 0 Å². The Morgan fingerprint density at radius 2 is 2.46 bits per heavy atom. The van der Waals surface area contributed by atoms with Gasteiger partial charge in [0.1, 0.15) is 5.76 Å². The van der Waals surface area contributed by atoms with E-state index in [9.17, 15) is 4.79 Å². The lowest BCUT2D eigenvalue weighted by Gasteiger charge is -2.22. The highest BCUT2D eigenvalue weighted by atomic mass is 35.5. The number of nitrogens with two attached hydrogens (primary N) is 1. The summed E-state index contributed by atoms with van der Waals surface area (Å²) in [6.45, 7) is 2.47. The lowest BCUT2D eigenvalue weighted by atomic mass is 9.92. The van der Waals surface area contributed by atoms with Crippen LogP contribution >= 0.6 is 11.6 Å². The van der Waals surface area contributed by atoms with Crippen LogP contribution in [-0.2, 0) is 9.53 Å². The molecule has 0 heterocycles. The molecule has 1 rings (SSSR count). The molecular weight excluding hydrogens is 190 g/mol. The minimum atomic E-state index is -0.263. The highest BCUT2D eigenvalue weighted by Crippen LogP contribution is 2.31. The molecule has 3 nitrogen and oxygen atoms in total. The molecule has 4 heteroatoms. The minimum absolute atomic E-state index is 0.107. The second kappa shape index (κ2) is 4.51. The van der Waals surface area contributed by atoms with Gasteiger partial charge in [-0.05, 0) is 19.8 Å². The average molecular weight is 204 g/mol. The van der Waals surface area contributed by atoms with Crippen molar-refractivity contribution in [3.8, 4) is 0 Å². The third kappa shape index (κ3) is 2.62. The van der Waals surface area contributed by atoms with Crippen LogP contribution in [0.25, 0.3) is 0 Å². The maximum atomic E-state index is 10.9. The van der Waals surface area contributed by atoms with Crippen molar-refractivity contribution in [3.05, 3.63) is 10.8 Å². The van der Waals surface area contributed by atoms with E-state index in [1.165, 1.54) is 0 Å². The van der Waals surface area contributed by atoms with E-state index >= 15 is 0 Å². The fourth-order valence-corrected chi connectivity index (χ4v) is 1.67. The van der Waals surface area contributed by atoms with Crippen LogP contribution in [0.3, 0.4) is 0 Å². The summed E-state index contributed by atoms with van der Waals surface area (Å²) < 4.78 is 5.32. The number of carbonyl (C=O) groups excluding carboxylic acids is 1. The number of carbonyl (C=O) groups is 1. The lowest BCUT2D eigenvalue weighted by molar-refractivity contribution is -0.122. The summed E-state index contributed by atoms with van der Waals surface area (Å²) in [6, 6.07) is 0. The van der Waals surface area contributed by atoms with Crippen LogP contribution in [0.2, 0.25) is 0 Å². The zero-order valence-electron chi connectivity index (χ0n) is 7.68. The van der Waals surface area contributed by atoms with E-state index < -0.39 is 0 Å².